The van der Waals surface area contributed by atoms with Crippen molar-refractivity contribution in [3.8, 4) is 0 Å². The Kier molecular flexibility index (Phi) is 2.35. The van der Waals surface area contributed by atoms with Crippen LogP contribution in [0.5, 0.6) is 0 Å². The van der Waals surface area contributed by atoms with Gasteiger partial charge in [0, 0.05) is 0 Å². The maximum atomic E-state index is 11.7. The van der Waals surface area contributed by atoms with Gasteiger partial charge in [-0.05, 0) is 0 Å². The summed E-state index contributed by atoms with van der Waals surface area (Å²) in [5.41, 5.74) is 2.75. The van der Waals surface area contributed by atoms with Crippen molar-refractivity contribution in [1.82, 2.24) is 19.4 Å². The topological polar surface area (TPSA) is 111 Å². The number of hydrazine groups is 1. The highest BCUT2D eigenvalue weighted by Gasteiger charge is 2.08. The molecule has 0 saturated carbocycles. The van der Waals surface area contributed by atoms with Gasteiger partial charge < -0.3 is 5.11 Å². The van der Waals surface area contributed by atoms with Crippen LogP contribution in [0.3, 0.4) is 0 Å². The summed E-state index contributed by atoms with van der Waals surface area (Å²) in [4.78, 5) is 15.6. The first-order chi connectivity index (χ1) is 7.27. The predicted molar refractivity (Wildman–Crippen MR) is 52.4 cm³/mol. The number of aliphatic hydroxyl groups excluding tert-OH is 1. The van der Waals surface area contributed by atoms with E-state index in [4.69, 9.17) is 10.9 Å². The van der Waals surface area contributed by atoms with Gasteiger partial charge in [-0.3, -0.25) is 10.3 Å². The van der Waals surface area contributed by atoms with Gasteiger partial charge in [0.25, 0.3) is 5.56 Å². The lowest BCUT2D eigenvalue weighted by atomic mass is 10.4. The van der Waals surface area contributed by atoms with Gasteiger partial charge in [-0.25, -0.2) is 20.2 Å². The summed E-state index contributed by atoms with van der Waals surface area (Å²) in [5, 5.41) is 12.6. The van der Waals surface area contributed by atoms with Crippen molar-refractivity contribution in [2.75, 3.05) is 12.1 Å². The van der Waals surface area contributed by atoms with Crippen molar-refractivity contribution in [2.24, 2.45) is 5.84 Å². The number of hydrogen-bond donors (Lipinski definition) is 3. The number of hydrogen-bond acceptors (Lipinski definition) is 6. The fraction of sp³-hybridized carbons (Fsp3) is 0.286. The molecule has 0 radical (unpaired) electrons. The molecule has 0 aliphatic heterocycles. The van der Waals surface area contributed by atoms with E-state index in [0.717, 1.165) is 4.68 Å². The lowest BCUT2D eigenvalue weighted by Crippen LogP contribution is -2.25. The summed E-state index contributed by atoms with van der Waals surface area (Å²) in [6, 6.07) is 0. The molecule has 80 valence electrons. The van der Waals surface area contributed by atoms with Gasteiger partial charge in [0.05, 0.1) is 19.3 Å². The van der Waals surface area contributed by atoms with Gasteiger partial charge in [-0.15, -0.1) is 0 Å². The van der Waals surface area contributed by atoms with Crippen LogP contribution in [0.2, 0.25) is 0 Å². The standard InChI is InChI=1S/C7H10N6O2/c8-11-13-4-9-6-5(13)3-10-12(1-2-14)7(6)15/h3-4,11,14H,1-2,8H2. The molecule has 2 heterocycles. The number of aromatic nitrogens is 4. The summed E-state index contributed by atoms with van der Waals surface area (Å²) >= 11 is 0. The minimum Gasteiger partial charge on any atom is -0.394 e. The number of rotatable bonds is 3. The molecule has 8 heteroatoms. The second kappa shape index (κ2) is 3.67. The molecule has 2 aromatic rings. The maximum Gasteiger partial charge on any atom is 0.294 e. The molecule has 0 atom stereocenters. The molecule has 4 N–H and O–H groups in total. The fourth-order valence-electron chi connectivity index (χ4n) is 1.30. The Hall–Kier alpha value is -1.93. The summed E-state index contributed by atoms with van der Waals surface area (Å²) in [6.07, 6.45) is 2.84. The van der Waals surface area contributed by atoms with Crippen LogP contribution in [0, 0.1) is 0 Å². The largest absolute Gasteiger partial charge is 0.394 e. The van der Waals surface area contributed by atoms with Gasteiger partial charge >= 0.3 is 0 Å². The number of imidazole rings is 1. The smallest absolute Gasteiger partial charge is 0.294 e. The molecule has 0 spiro atoms. The van der Waals surface area contributed by atoms with Gasteiger partial charge in [-0.1, -0.05) is 0 Å². The summed E-state index contributed by atoms with van der Waals surface area (Å²) in [6.45, 7) is 0.00590. The molecule has 2 rings (SSSR count). The van der Waals surface area contributed by atoms with Crippen LogP contribution < -0.4 is 16.9 Å². The van der Waals surface area contributed by atoms with Crippen molar-refractivity contribution in [2.45, 2.75) is 6.54 Å². The van der Waals surface area contributed by atoms with Crippen LogP contribution in [0.15, 0.2) is 17.3 Å². The maximum absolute atomic E-state index is 11.7. The lowest BCUT2D eigenvalue weighted by Gasteiger charge is -2.02. The Bertz CT molecular complexity index is 530. The van der Waals surface area contributed by atoms with E-state index in [1.807, 2.05) is 0 Å². The number of nitrogen functional groups attached to an aromatic ring is 1. The fourth-order valence-corrected chi connectivity index (χ4v) is 1.30. The number of nitrogens with two attached hydrogens (primary N) is 1. The van der Waals surface area contributed by atoms with E-state index >= 15 is 0 Å². The SMILES string of the molecule is NNn1cnc2c(=O)n(CCO)ncc21. The zero-order valence-corrected chi connectivity index (χ0v) is 7.79. The number of nitrogens with one attached hydrogen (secondary N) is 1. The second-order valence-electron chi connectivity index (χ2n) is 2.87. The molecule has 0 aliphatic rings. The van der Waals surface area contributed by atoms with Crippen LogP contribution in [0.4, 0.5) is 0 Å². The van der Waals surface area contributed by atoms with E-state index in [1.165, 1.54) is 17.2 Å². The molecule has 0 aliphatic carbocycles. The average molecular weight is 210 g/mol. The third-order valence-electron chi connectivity index (χ3n) is 2.01. The molecule has 0 fully saturated rings. The van der Waals surface area contributed by atoms with Crippen LogP contribution in [-0.2, 0) is 6.54 Å². The van der Waals surface area contributed by atoms with Gasteiger partial charge in [-0.2, -0.15) is 5.10 Å². The molecule has 8 nitrogen and oxygen atoms in total. The quantitative estimate of drug-likeness (QED) is 0.399. The van der Waals surface area contributed by atoms with Crippen LogP contribution >= 0.6 is 0 Å². The number of fused-ring (bicyclic) bond motifs is 1. The van der Waals surface area contributed by atoms with Crippen molar-refractivity contribution in [3.63, 3.8) is 0 Å². The zero-order chi connectivity index (χ0) is 10.8. The van der Waals surface area contributed by atoms with Gasteiger partial charge in [0.15, 0.2) is 5.52 Å². The van der Waals surface area contributed by atoms with Crippen molar-refractivity contribution < 1.29 is 5.11 Å². The number of aliphatic hydroxyl groups is 1. The Morgan fingerprint density at radius 1 is 1.60 bits per heavy atom. The predicted octanol–water partition coefficient (Wildman–Crippen LogP) is -2.00. The summed E-state index contributed by atoms with van der Waals surface area (Å²) < 4.78 is 2.53. The zero-order valence-electron chi connectivity index (χ0n) is 7.79. The molecule has 15 heavy (non-hydrogen) atoms. The molecular weight excluding hydrogens is 200 g/mol. The highest BCUT2D eigenvalue weighted by Crippen LogP contribution is 2.03. The first-order valence-corrected chi connectivity index (χ1v) is 4.28. The molecule has 0 bridgehead atoms. The monoisotopic (exact) mass is 210 g/mol. The lowest BCUT2D eigenvalue weighted by molar-refractivity contribution is 0.266. The first kappa shape index (κ1) is 9.62. The first-order valence-electron chi connectivity index (χ1n) is 4.28. The van der Waals surface area contributed by atoms with Gasteiger partial charge in [0.2, 0.25) is 0 Å². The molecule has 0 aromatic carbocycles. The van der Waals surface area contributed by atoms with Crippen LogP contribution in [0.1, 0.15) is 0 Å². The van der Waals surface area contributed by atoms with Crippen LogP contribution in [0.25, 0.3) is 11.0 Å². The normalized spacial score (nSPS) is 10.8. The van der Waals surface area contributed by atoms with E-state index in [-0.39, 0.29) is 24.2 Å². The molecular formula is C7H10N6O2. The van der Waals surface area contributed by atoms with E-state index in [9.17, 15) is 4.79 Å². The number of nitrogens with zero attached hydrogens (tertiary/aromatic N) is 4. The average Bonchev–Trinajstić information content (AvgIpc) is 2.66. The molecule has 0 amide bonds. The molecule has 0 unspecified atom stereocenters. The highest BCUT2D eigenvalue weighted by molar-refractivity contribution is 5.72. The third kappa shape index (κ3) is 1.45. The van der Waals surface area contributed by atoms with Gasteiger partial charge in [0.1, 0.15) is 11.8 Å². The van der Waals surface area contributed by atoms with Crippen LogP contribution in [-0.4, -0.2) is 31.2 Å². The Labute approximate surface area is 83.9 Å². The highest BCUT2D eigenvalue weighted by atomic mass is 16.3. The van der Waals surface area contributed by atoms with E-state index < -0.39 is 0 Å². The second-order valence-corrected chi connectivity index (χ2v) is 2.87. The van der Waals surface area contributed by atoms with E-state index in [2.05, 4.69) is 15.6 Å². The minimum atomic E-state index is -0.351. The Balaban J connectivity index is 2.65. The van der Waals surface area contributed by atoms with Crippen molar-refractivity contribution in [1.29, 1.82) is 0 Å². The summed E-state index contributed by atoms with van der Waals surface area (Å²) in [7, 11) is 0. The molecule has 0 saturated heterocycles. The van der Waals surface area contributed by atoms with Crippen molar-refractivity contribution >= 4 is 11.0 Å². The minimum absolute atomic E-state index is 0.145. The molecule has 2 aromatic heterocycles. The van der Waals surface area contributed by atoms with Crippen molar-refractivity contribution in [3.05, 3.63) is 22.9 Å². The van der Waals surface area contributed by atoms with E-state index in [0.29, 0.717) is 5.52 Å². The van der Waals surface area contributed by atoms with E-state index in [1.54, 1.807) is 0 Å². The third-order valence-corrected chi connectivity index (χ3v) is 2.01. The summed E-state index contributed by atoms with van der Waals surface area (Å²) in [5.74, 6) is 5.20. The Morgan fingerprint density at radius 3 is 3.07 bits per heavy atom. The Morgan fingerprint density at radius 2 is 2.40 bits per heavy atom.